The number of methoxy groups -OCH3 is 2. The second-order valence-corrected chi connectivity index (χ2v) is 6.25. The fourth-order valence-corrected chi connectivity index (χ4v) is 2.62. The van der Waals surface area contributed by atoms with Gasteiger partial charge in [-0.05, 0) is 32.0 Å². The Hall–Kier alpha value is -3.62. The van der Waals surface area contributed by atoms with Crippen LogP contribution in [0.3, 0.4) is 0 Å². The number of amides is 1. The number of nitrogens with one attached hydrogen (secondary N) is 1. The number of benzene rings is 2. The van der Waals surface area contributed by atoms with Gasteiger partial charge in [0, 0.05) is 5.56 Å². The number of nitrogens with zero attached hydrogens (tertiary/aromatic N) is 1. The molecule has 0 saturated carbocycles. The maximum absolute atomic E-state index is 12.3. The molecule has 9 nitrogen and oxygen atoms in total. The van der Waals surface area contributed by atoms with E-state index in [9.17, 15) is 19.7 Å². The molecule has 0 fully saturated rings. The standard InChI is InChI=1S/C20H22N2O7/c1-12-5-8-18(28-4)14(9-12)10-19(23)29-13(2)20(24)21-16-7-6-15(27-3)11-17(16)22(25)26/h5-9,11,13H,10H2,1-4H3,(H,21,24)/t13-/m1/s1. The van der Waals surface area contributed by atoms with Gasteiger partial charge in [-0.1, -0.05) is 17.7 Å². The summed E-state index contributed by atoms with van der Waals surface area (Å²) in [5.41, 5.74) is 1.23. The molecule has 0 aliphatic carbocycles. The molecule has 1 N–H and O–H groups in total. The van der Waals surface area contributed by atoms with Gasteiger partial charge >= 0.3 is 5.97 Å². The number of carbonyl (C=O) groups excluding carboxylic acids is 2. The molecule has 1 atom stereocenters. The van der Waals surface area contributed by atoms with Crippen LogP contribution in [0.2, 0.25) is 0 Å². The molecule has 0 spiro atoms. The zero-order chi connectivity index (χ0) is 21.6. The third-order valence-electron chi connectivity index (χ3n) is 4.11. The first-order valence-electron chi connectivity index (χ1n) is 8.71. The highest BCUT2D eigenvalue weighted by Gasteiger charge is 2.23. The minimum atomic E-state index is -1.15. The second kappa shape index (κ2) is 9.54. The lowest BCUT2D eigenvalue weighted by Crippen LogP contribution is -2.30. The van der Waals surface area contributed by atoms with Crippen molar-refractivity contribution < 1.29 is 28.7 Å². The molecule has 2 rings (SSSR count). The lowest BCUT2D eigenvalue weighted by atomic mass is 10.1. The molecule has 29 heavy (non-hydrogen) atoms. The van der Waals surface area contributed by atoms with Gasteiger partial charge < -0.3 is 19.5 Å². The van der Waals surface area contributed by atoms with Crippen LogP contribution in [0.25, 0.3) is 0 Å². The maximum Gasteiger partial charge on any atom is 0.311 e. The lowest BCUT2D eigenvalue weighted by molar-refractivity contribution is -0.384. The van der Waals surface area contributed by atoms with Crippen LogP contribution in [0.5, 0.6) is 11.5 Å². The first-order chi connectivity index (χ1) is 13.7. The molecule has 0 aliphatic rings. The third-order valence-corrected chi connectivity index (χ3v) is 4.11. The number of anilines is 1. The van der Waals surface area contributed by atoms with Gasteiger partial charge in [0.15, 0.2) is 6.10 Å². The summed E-state index contributed by atoms with van der Waals surface area (Å²) >= 11 is 0. The topological polar surface area (TPSA) is 117 Å². The normalized spacial score (nSPS) is 11.3. The number of esters is 1. The average molecular weight is 402 g/mol. The van der Waals surface area contributed by atoms with Gasteiger partial charge in [-0.3, -0.25) is 19.7 Å². The van der Waals surface area contributed by atoms with Crippen LogP contribution in [-0.4, -0.2) is 37.1 Å². The largest absolute Gasteiger partial charge is 0.496 e. The minimum absolute atomic E-state index is 0.0240. The highest BCUT2D eigenvalue weighted by atomic mass is 16.6. The van der Waals surface area contributed by atoms with Crippen LogP contribution < -0.4 is 14.8 Å². The van der Waals surface area contributed by atoms with Gasteiger partial charge in [0.05, 0.1) is 31.6 Å². The van der Waals surface area contributed by atoms with Crippen molar-refractivity contribution in [3.63, 3.8) is 0 Å². The maximum atomic E-state index is 12.3. The van der Waals surface area contributed by atoms with E-state index in [2.05, 4.69) is 5.32 Å². The Kier molecular flexibility index (Phi) is 7.13. The molecule has 0 bridgehead atoms. The van der Waals surface area contributed by atoms with Gasteiger partial charge in [-0.15, -0.1) is 0 Å². The Morgan fingerprint density at radius 3 is 2.48 bits per heavy atom. The monoisotopic (exact) mass is 402 g/mol. The van der Waals surface area contributed by atoms with Crippen LogP contribution >= 0.6 is 0 Å². The van der Waals surface area contributed by atoms with Crippen molar-refractivity contribution in [3.8, 4) is 11.5 Å². The first kappa shape index (κ1) is 21.7. The third kappa shape index (κ3) is 5.68. The molecule has 154 valence electrons. The van der Waals surface area contributed by atoms with Gasteiger partial charge in [0.25, 0.3) is 11.6 Å². The van der Waals surface area contributed by atoms with Gasteiger partial charge in [0.1, 0.15) is 17.2 Å². The molecular formula is C20H22N2O7. The predicted molar refractivity (Wildman–Crippen MR) is 105 cm³/mol. The quantitative estimate of drug-likeness (QED) is 0.410. The summed E-state index contributed by atoms with van der Waals surface area (Å²) in [4.78, 5) is 35.1. The molecule has 9 heteroatoms. The lowest BCUT2D eigenvalue weighted by Gasteiger charge is -2.15. The molecule has 0 saturated heterocycles. The molecule has 2 aromatic rings. The highest BCUT2D eigenvalue weighted by molar-refractivity contribution is 5.97. The van der Waals surface area contributed by atoms with E-state index in [1.54, 1.807) is 12.1 Å². The van der Waals surface area contributed by atoms with Crippen molar-refractivity contribution in [1.29, 1.82) is 0 Å². The smallest absolute Gasteiger partial charge is 0.311 e. The van der Waals surface area contributed by atoms with Crippen molar-refractivity contribution in [2.24, 2.45) is 0 Å². The molecule has 2 aromatic carbocycles. The van der Waals surface area contributed by atoms with Gasteiger partial charge in [-0.2, -0.15) is 0 Å². The number of hydrogen-bond donors (Lipinski definition) is 1. The molecule has 0 unspecified atom stereocenters. The van der Waals surface area contributed by atoms with E-state index in [0.29, 0.717) is 11.3 Å². The SMILES string of the molecule is COc1ccc(NC(=O)[C@@H](C)OC(=O)Cc2cc(C)ccc2OC)c([N+](=O)[O-])c1. The summed E-state index contributed by atoms with van der Waals surface area (Å²) in [6.45, 7) is 3.27. The molecule has 1 amide bonds. The van der Waals surface area contributed by atoms with E-state index in [4.69, 9.17) is 14.2 Å². The number of rotatable bonds is 8. The summed E-state index contributed by atoms with van der Waals surface area (Å²) in [5.74, 6) is -0.497. The molecule has 0 aliphatic heterocycles. The van der Waals surface area contributed by atoms with E-state index in [1.807, 2.05) is 13.0 Å². The van der Waals surface area contributed by atoms with Crippen LogP contribution in [0.4, 0.5) is 11.4 Å². The van der Waals surface area contributed by atoms with E-state index in [-0.39, 0.29) is 23.5 Å². The summed E-state index contributed by atoms with van der Waals surface area (Å²) in [5, 5.41) is 13.6. The first-order valence-corrected chi connectivity index (χ1v) is 8.71. The van der Waals surface area contributed by atoms with E-state index < -0.39 is 22.9 Å². The molecule has 0 radical (unpaired) electrons. The van der Waals surface area contributed by atoms with Crippen molar-refractivity contribution in [2.75, 3.05) is 19.5 Å². The highest BCUT2D eigenvalue weighted by Crippen LogP contribution is 2.29. The van der Waals surface area contributed by atoms with Crippen molar-refractivity contribution in [2.45, 2.75) is 26.4 Å². The van der Waals surface area contributed by atoms with Crippen molar-refractivity contribution in [3.05, 3.63) is 57.6 Å². The van der Waals surface area contributed by atoms with Crippen molar-refractivity contribution >= 4 is 23.3 Å². The summed E-state index contributed by atoms with van der Waals surface area (Å²) in [7, 11) is 2.87. The van der Waals surface area contributed by atoms with E-state index in [1.165, 1.54) is 39.3 Å². The fraction of sp³-hybridized carbons (Fsp3) is 0.300. The summed E-state index contributed by atoms with van der Waals surface area (Å²) in [6, 6.07) is 9.41. The van der Waals surface area contributed by atoms with E-state index >= 15 is 0 Å². The zero-order valence-corrected chi connectivity index (χ0v) is 16.6. The van der Waals surface area contributed by atoms with Crippen LogP contribution in [0.15, 0.2) is 36.4 Å². The fourth-order valence-electron chi connectivity index (χ4n) is 2.62. The minimum Gasteiger partial charge on any atom is -0.496 e. The average Bonchev–Trinajstić information content (AvgIpc) is 2.68. The van der Waals surface area contributed by atoms with Crippen molar-refractivity contribution in [1.82, 2.24) is 0 Å². The van der Waals surface area contributed by atoms with Crippen LogP contribution in [0.1, 0.15) is 18.1 Å². The summed E-state index contributed by atoms with van der Waals surface area (Å²) < 4.78 is 15.3. The summed E-state index contributed by atoms with van der Waals surface area (Å²) in [6.07, 6.45) is -1.23. The Bertz CT molecular complexity index is 927. The molecule has 0 aromatic heterocycles. The predicted octanol–water partition coefficient (Wildman–Crippen LogP) is 3.03. The number of carbonyl (C=O) groups is 2. The zero-order valence-electron chi connectivity index (χ0n) is 16.6. The number of nitro groups is 1. The Balaban J connectivity index is 2.05. The molecule has 0 heterocycles. The van der Waals surface area contributed by atoms with Gasteiger partial charge in [-0.25, -0.2) is 0 Å². The van der Waals surface area contributed by atoms with E-state index in [0.717, 1.165) is 5.56 Å². The Morgan fingerprint density at radius 1 is 1.14 bits per heavy atom. The van der Waals surface area contributed by atoms with Gasteiger partial charge in [0.2, 0.25) is 0 Å². The number of hydrogen-bond acceptors (Lipinski definition) is 7. The second-order valence-electron chi connectivity index (χ2n) is 6.25. The number of nitro benzene ring substituents is 1. The molecular weight excluding hydrogens is 380 g/mol. The van der Waals surface area contributed by atoms with Crippen LogP contribution in [-0.2, 0) is 20.7 Å². The number of ether oxygens (including phenoxy) is 3. The Labute approximate surface area is 167 Å². The Morgan fingerprint density at radius 2 is 1.86 bits per heavy atom. The van der Waals surface area contributed by atoms with Crippen LogP contribution in [0, 0.1) is 17.0 Å². The number of aryl methyl sites for hydroxylation is 1.